The second-order valence-corrected chi connectivity index (χ2v) is 4.99. The van der Waals surface area contributed by atoms with Crippen LogP contribution in [0.5, 0.6) is 0 Å². The Bertz CT molecular complexity index is 795. The average molecular weight is 353 g/mol. The highest BCUT2D eigenvalue weighted by atomic mass is 35.5. The number of non-ortho nitro benzene ring substituents is 1. The van der Waals surface area contributed by atoms with Gasteiger partial charge in [-0.2, -0.15) is 0 Å². The number of benzene rings is 2. The lowest BCUT2D eigenvalue weighted by atomic mass is 10.2. The molecule has 0 aliphatic heterocycles. The highest BCUT2D eigenvalue weighted by molar-refractivity contribution is 6.30. The molecule has 7 nitrogen and oxygen atoms in total. The molecule has 0 spiro atoms. The number of ether oxygens (including phenoxy) is 1. The molecule has 9 heteroatoms. The molecule has 124 valence electrons. The summed E-state index contributed by atoms with van der Waals surface area (Å²) in [5, 5.41) is 13.2. The van der Waals surface area contributed by atoms with E-state index < -0.39 is 29.2 Å². The van der Waals surface area contributed by atoms with Gasteiger partial charge in [-0.1, -0.05) is 11.6 Å². The number of nitrogens with zero attached hydrogens (tertiary/aromatic N) is 1. The normalized spacial score (nSPS) is 10.1. The summed E-state index contributed by atoms with van der Waals surface area (Å²) in [4.78, 5) is 33.3. The summed E-state index contributed by atoms with van der Waals surface area (Å²) < 4.78 is 18.3. The first-order chi connectivity index (χ1) is 11.4. The third-order valence-corrected chi connectivity index (χ3v) is 3.10. The van der Waals surface area contributed by atoms with Crippen molar-refractivity contribution in [3.05, 3.63) is 69.0 Å². The Morgan fingerprint density at radius 3 is 2.50 bits per heavy atom. The first-order valence-electron chi connectivity index (χ1n) is 6.53. The second-order valence-electron chi connectivity index (χ2n) is 4.55. The van der Waals surface area contributed by atoms with Crippen LogP contribution in [0.2, 0.25) is 5.02 Å². The van der Waals surface area contributed by atoms with Gasteiger partial charge in [-0.15, -0.1) is 0 Å². The van der Waals surface area contributed by atoms with Crippen molar-refractivity contribution in [2.75, 3.05) is 11.9 Å². The fourth-order valence-electron chi connectivity index (χ4n) is 1.71. The molecule has 1 amide bonds. The van der Waals surface area contributed by atoms with Crippen LogP contribution in [0.1, 0.15) is 10.4 Å². The molecule has 0 unspecified atom stereocenters. The molecule has 24 heavy (non-hydrogen) atoms. The molecule has 0 saturated carbocycles. The fraction of sp³-hybridized carbons (Fsp3) is 0.0667. The third kappa shape index (κ3) is 4.50. The topological polar surface area (TPSA) is 98.5 Å². The van der Waals surface area contributed by atoms with Gasteiger partial charge in [0.25, 0.3) is 11.6 Å². The lowest BCUT2D eigenvalue weighted by Crippen LogP contribution is -2.21. The van der Waals surface area contributed by atoms with Gasteiger partial charge in [0.15, 0.2) is 6.61 Å². The lowest BCUT2D eigenvalue weighted by Gasteiger charge is -2.07. The molecular formula is C15H10ClFN2O5. The minimum absolute atomic E-state index is 0.189. The molecule has 2 aromatic rings. The number of nitrogens with one attached hydrogen (secondary N) is 1. The monoisotopic (exact) mass is 352 g/mol. The first kappa shape index (κ1) is 17.4. The smallest absolute Gasteiger partial charge is 0.338 e. The Hall–Kier alpha value is -3.00. The van der Waals surface area contributed by atoms with Gasteiger partial charge in [0.2, 0.25) is 0 Å². The van der Waals surface area contributed by atoms with Crippen LogP contribution in [-0.2, 0) is 9.53 Å². The van der Waals surface area contributed by atoms with E-state index in [1.54, 1.807) is 0 Å². The number of hydrogen-bond acceptors (Lipinski definition) is 5. The van der Waals surface area contributed by atoms with Crippen molar-refractivity contribution in [1.82, 2.24) is 0 Å². The minimum atomic E-state index is -0.849. The predicted octanol–water partition coefficient (Wildman–Crippen LogP) is 3.18. The van der Waals surface area contributed by atoms with Gasteiger partial charge in [-0.05, 0) is 30.3 Å². The molecule has 0 heterocycles. The van der Waals surface area contributed by atoms with Crippen molar-refractivity contribution in [3.63, 3.8) is 0 Å². The standard InChI is InChI=1S/C15H10ClFN2O5/c16-10-3-1-9(2-4-10)15(21)24-8-14(20)18-13-7-11(19(22)23)5-6-12(13)17/h1-7H,8H2,(H,18,20). The summed E-state index contributed by atoms with van der Waals surface area (Å²) in [7, 11) is 0. The van der Waals surface area contributed by atoms with E-state index in [-0.39, 0.29) is 16.9 Å². The zero-order chi connectivity index (χ0) is 17.7. The van der Waals surface area contributed by atoms with Crippen LogP contribution in [0.15, 0.2) is 42.5 Å². The summed E-state index contributed by atoms with van der Waals surface area (Å²) in [6.07, 6.45) is 0. The number of amides is 1. The highest BCUT2D eigenvalue weighted by Gasteiger charge is 2.15. The molecule has 0 aliphatic rings. The molecule has 0 saturated heterocycles. The van der Waals surface area contributed by atoms with Crippen LogP contribution < -0.4 is 5.32 Å². The summed E-state index contributed by atoms with van der Waals surface area (Å²) in [6.45, 7) is -0.677. The Kier molecular flexibility index (Phi) is 5.43. The van der Waals surface area contributed by atoms with Crippen LogP contribution in [0.25, 0.3) is 0 Å². The van der Waals surface area contributed by atoms with Crippen molar-refractivity contribution in [2.45, 2.75) is 0 Å². The van der Waals surface area contributed by atoms with Gasteiger partial charge in [0.1, 0.15) is 5.82 Å². The van der Waals surface area contributed by atoms with Gasteiger partial charge in [-0.3, -0.25) is 14.9 Å². The van der Waals surface area contributed by atoms with Crippen LogP contribution in [-0.4, -0.2) is 23.4 Å². The van der Waals surface area contributed by atoms with Gasteiger partial charge >= 0.3 is 5.97 Å². The Labute approximate surface area is 140 Å². The third-order valence-electron chi connectivity index (χ3n) is 2.85. The van der Waals surface area contributed by atoms with E-state index in [1.165, 1.54) is 24.3 Å². The molecule has 0 atom stereocenters. The van der Waals surface area contributed by atoms with Crippen LogP contribution in [0.4, 0.5) is 15.8 Å². The molecule has 0 fully saturated rings. The van der Waals surface area contributed by atoms with E-state index in [2.05, 4.69) is 5.32 Å². The summed E-state index contributed by atoms with van der Waals surface area (Å²) in [6, 6.07) is 8.49. The first-order valence-corrected chi connectivity index (χ1v) is 6.91. The summed E-state index contributed by atoms with van der Waals surface area (Å²) in [5.41, 5.74) is -0.574. The predicted molar refractivity (Wildman–Crippen MR) is 83.4 cm³/mol. The van der Waals surface area contributed by atoms with E-state index >= 15 is 0 Å². The van der Waals surface area contributed by atoms with Crippen molar-refractivity contribution in [2.24, 2.45) is 0 Å². The number of carbonyl (C=O) groups excluding carboxylic acids is 2. The SMILES string of the molecule is O=C(COC(=O)c1ccc(Cl)cc1)Nc1cc([N+](=O)[O-])ccc1F. The largest absolute Gasteiger partial charge is 0.452 e. The van der Waals surface area contributed by atoms with E-state index in [0.29, 0.717) is 5.02 Å². The summed E-state index contributed by atoms with van der Waals surface area (Å²) >= 11 is 5.68. The number of esters is 1. The van der Waals surface area contributed by atoms with Crippen molar-refractivity contribution in [3.8, 4) is 0 Å². The van der Waals surface area contributed by atoms with Crippen LogP contribution in [0, 0.1) is 15.9 Å². The number of carbonyl (C=O) groups is 2. The minimum Gasteiger partial charge on any atom is -0.452 e. The van der Waals surface area contributed by atoms with E-state index in [9.17, 15) is 24.1 Å². The molecule has 2 rings (SSSR count). The fourth-order valence-corrected chi connectivity index (χ4v) is 1.84. The second kappa shape index (κ2) is 7.51. The number of rotatable bonds is 5. The number of nitro benzene ring substituents is 1. The maximum Gasteiger partial charge on any atom is 0.338 e. The van der Waals surface area contributed by atoms with Gasteiger partial charge < -0.3 is 10.1 Å². The van der Waals surface area contributed by atoms with Crippen molar-refractivity contribution >= 4 is 34.9 Å². The van der Waals surface area contributed by atoms with Gasteiger partial charge in [0, 0.05) is 17.2 Å². The molecule has 0 aliphatic carbocycles. The number of nitro groups is 1. The Morgan fingerprint density at radius 1 is 1.21 bits per heavy atom. The van der Waals surface area contributed by atoms with E-state index in [4.69, 9.17) is 16.3 Å². The van der Waals surface area contributed by atoms with Crippen molar-refractivity contribution in [1.29, 1.82) is 0 Å². The molecule has 0 bridgehead atoms. The zero-order valence-corrected chi connectivity index (χ0v) is 12.7. The molecule has 2 aromatic carbocycles. The van der Waals surface area contributed by atoms with Gasteiger partial charge in [0.05, 0.1) is 16.2 Å². The van der Waals surface area contributed by atoms with Crippen LogP contribution in [0.3, 0.4) is 0 Å². The number of halogens is 2. The average Bonchev–Trinajstić information content (AvgIpc) is 2.55. The van der Waals surface area contributed by atoms with E-state index in [1.807, 2.05) is 0 Å². The molecule has 0 radical (unpaired) electrons. The van der Waals surface area contributed by atoms with Crippen LogP contribution >= 0.6 is 11.6 Å². The maximum atomic E-state index is 13.5. The molecule has 0 aromatic heterocycles. The lowest BCUT2D eigenvalue weighted by molar-refractivity contribution is -0.384. The Balaban J connectivity index is 1.96. The van der Waals surface area contributed by atoms with Gasteiger partial charge in [-0.25, -0.2) is 9.18 Å². The highest BCUT2D eigenvalue weighted by Crippen LogP contribution is 2.21. The molecular weight excluding hydrogens is 343 g/mol. The quantitative estimate of drug-likeness (QED) is 0.506. The molecule has 1 N–H and O–H groups in total. The summed E-state index contributed by atoms with van der Waals surface area (Å²) in [5.74, 6) is -2.45. The zero-order valence-electron chi connectivity index (χ0n) is 12.0. The van der Waals surface area contributed by atoms with E-state index in [0.717, 1.165) is 18.2 Å². The Morgan fingerprint density at radius 2 is 1.88 bits per heavy atom. The number of hydrogen-bond donors (Lipinski definition) is 1. The van der Waals surface area contributed by atoms with Crippen molar-refractivity contribution < 1.29 is 23.6 Å². The maximum absolute atomic E-state index is 13.5. The number of anilines is 1.